The standard InChI is InChI=1S/C19H24F2O4/c1-6-25-17(22)19(20,21)18(2,3)13-9-7-8-12-10-11-14(23-4)16(24-5)15(12)13/h9-11H,6-8H2,1-5H3. The normalized spacial score (nSPS) is 14.4. The van der Waals surface area contributed by atoms with Crippen LogP contribution in [-0.2, 0) is 16.0 Å². The van der Waals surface area contributed by atoms with Crippen molar-refractivity contribution < 1.29 is 27.8 Å². The van der Waals surface area contributed by atoms with E-state index in [-0.39, 0.29) is 6.61 Å². The molecule has 0 atom stereocenters. The molecule has 0 radical (unpaired) electrons. The van der Waals surface area contributed by atoms with Crippen molar-refractivity contribution in [1.82, 2.24) is 0 Å². The highest BCUT2D eigenvalue weighted by Gasteiger charge is 2.57. The fraction of sp³-hybridized carbons (Fsp3) is 0.526. The van der Waals surface area contributed by atoms with Gasteiger partial charge in [0.15, 0.2) is 11.5 Å². The third kappa shape index (κ3) is 3.10. The number of allylic oxidation sites excluding steroid dienone is 2. The van der Waals surface area contributed by atoms with Crippen molar-refractivity contribution in [3.05, 3.63) is 29.3 Å². The summed E-state index contributed by atoms with van der Waals surface area (Å²) in [6.45, 7) is 4.11. The topological polar surface area (TPSA) is 44.8 Å². The van der Waals surface area contributed by atoms with Crippen molar-refractivity contribution in [2.24, 2.45) is 5.41 Å². The number of esters is 1. The van der Waals surface area contributed by atoms with Crippen LogP contribution in [0, 0.1) is 5.41 Å². The molecule has 6 heteroatoms. The minimum Gasteiger partial charge on any atom is -0.493 e. The van der Waals surface area contributed by atoms with E-state index >= 15 is 0 Å². The van der Waals surface area contributed by atoms with E-state index in [1.165, 1.54) is 35.0 Å². The van der Waals surface area contributed by atoms with Crippen LogP contribution < -0.4 is 9.47 Å². The molecule has 4 nitrogen and oxygen atoms in total. The van der Waals surface area contributed by atoms with Crippen molar-refractivity contribution in [2.45, 2.75) is 39.5 Å². The number of ether oxygens (including phenoxy) is 3. The third-order valence-corrected chi connectivity index (χ3v) is 4.65. The number of aryl methyl sites for hydroxylation is 1. The molecule has 1 aliphatic carbocycles. The van der Waals surface area contributed by atoms with Crippen LogP contribution >= 0.6 is 0 Å². The molecule has 0 spiro atoms. The predicted octanol–water partition coefficient (Wildman–Crippen LogP) is 4.26. The van der Waals surface area contributed by atoms with E-state index in [1.54, 1.807) is 12.1 Å². The zero-order valence-electron chi connectivity index (χ0n) is 15.2. The highest BCUT2D eigenvalue weighted by atomic mass is 19.3. The molecule has 0 unspecified atom stereocenters. The lowest BCUT2D eigenvalue weighted by molar-refractivity contribution is -0.183. The Hall–Kier alpha value is -2.11. The maximum Gasteiger partial charge on any atom is 0.377 e. The zero-order chi connectivity index (χ0) is 18.8. The van der Waals surface area contributed by atoms with E-state index in [2.05, 4.69) is 4.74 Å². The molecule has 1 aliphatic rings. The number of benzene rings is 1. The van der Waals surface area contributed by atoms with Gasteiger partial charge in [-0.2, -0.15) is 8.78 Å². The van der Waals surface area contributed by atoms with Gasteiger partial charge in [-0.25, -0.2) is 4.79 Å². The number of halogens is 2. The molecule has 0 aromatic heterocycles. The van der Waals surface area contributed by atoms with E-state index in [1.807, 2.05) is 6.07 Å². The van der Waals surface area contributed by atoms with Crippen molar-refractivity contribution in [1.29, 1.82) is 0 Å². The molecule has 1 aromatic carbocycles. The quantitative estimate of drug-likeness (QED) is 0.716. The first-order valence-electron chi connectivity index (χ1n) is 8.22. The fourth-order valence-electron chi connectivity index (χ4n) is 3.16. The lowest BCUT2D eigenvalue weighted by Crippen LogP contribution is -2.46. The van der Waals surface area contributed by atoms with Crippen LogP contribution in [0.3, 0.4) is 0 Å². The van der Waals surface area contributed by atoms with Crippen molar-refractivity contribution in [2.75, 3.05) is 20.8 Å². The molecule has 0 aliphatic heterocycles. The molecule has 0 saturated heterocycles. The van der Waals surface area contributed by atoms with Gasteiger partial charge < -0.3 is 14.2 Å². The molecule has 2 rings (SSSR count). The lowest BCUT2D eigenvalue weighted by atomic mass is 9.71. The van der Waals surface area contributed by atoms with Gasteiger partial charge in [-0.15, -0.1) is 0 Å². The van der Waals surface area contributed by atoms with Gasteiger partial charge >= 0.3 is 11.9 Å². The summed E-state index contributed by atoms with van der Waals surface area (Å²) in [5.74, 6) is -4.34. The van der Waals surface area contributed by atoms with Crippen LogP contribution in [0.25, 0.3) is 5.57 Å². The molecule has 0 saturated carbocycles. The van der Waals surface area contributed by atoms with Gasteiger partial charge in [0, 0.05) is 5.56 Å². The highest BCUT2D eigenvalue weighted by Crippen LogP contribution is 2.53. The second-order valence-corrected chi connectivity index (χ2v) is 6.41. The van der Waals surface area contributed by atoms with Crippen LogP contribution in [0.2, 0.25) is 0 Å². The summed E-state index contributed by atoms with van der Waals surface area (Å²) in [5.41, 5.74) is 0.0566. The number of hydrogen-bond acceptors (Lipinski definition) is 4. The number of carbonyl (C=O) groups is 1. The largest absolute Gasteiger partial charge is 0.493 e. The molecule has 0 N–H and O–H groups in total. The first-order chi connectivity index (χ1) is 11.7. The van der Waals surface area contributed by atoms with Crippen LogP contribution in [0.4, 0.5) is 8.78 Å². The Labute approximate surface area is 146 Å². The van der Waals surface area contributed by atoms with Gasteiger partial charge in [-0.05, 0) is 50.8 Å². The Morgan fingerprint density at radius 1 is 1.20 bits per heavy atom. The number of fused-ring (bicyclic) bond motifs is 1. The zero-order valence-corrected chi connectivity index (χ0v) is 15.2. The summed E-state index contributed by atoms with van der Waals surface area (Å²) in [6, 6.07) is 3.61. The number of carbonyl (C=O) groups excluding carboxylic acids is 1. The minimum atomic E-state index is -3.68. The average molecular weight is 354 g/mol. The Kier molecular flexibility index (Phi) is 5.40. The number of hydrogen-bond donors (Lipinski definition) is 0. The smallest absolute Gasteiger partial charge is 0.377 e. The predicted molar refractivity (Wildman–Crippen MR) is 91.2 cm³/mol. The first kappa shape index (κ1) is 19.2. The maximum atomic E-state index is 14.9. The molecule has 138 valence electrons. The second kappa shape index (κ2) is 7.02. The molecular formula is C19H24F2O4. The number of alkyl halides is 2. The van der Waals surface area contributed by atoms with Gasteiger partial charge in [-0.1, -0.05) is 12.1 Å². The van der Waals surface area contributed by atoms with E-state index in [4.69, 9.17) is 9.47 Å². The second-order valence-electron chi connectivity index (χ2n) is 6.41. The first-order valence-corrected chi connectivity index (χ1v) is 8.22. The van der Waals surface area contributed by atoms with Gasteiger partial charge in [0.2, 0.25) is 0 Å². The summed E-state index contributed by atoms with van der Waals surface area (Å²) in [4.78, 5) is 11.9. The Balaban J connectivity index is 2.62. The van der Waals surface area contributed by atoms with Crippen molar-refractivity contribution in [3.63, 3.8) is 0 Å². The molecule has 1 aromatic rings. The van der Waals surface area contributed by atoms with E-state index in [0.29, 0.717) is 35.5 Å². The van der Waals surface area contributed by atoms with Gasteiger partial charge in [0.25, 0.3) is 0 Å². The molecule has 25 heavy (non-hydrogen) atoms. The summed E-state index contributed by atoms with van der Waals surface area (Å²) in [5, 5.41) is 0. The van der Waals surface area contributed by atoms with Crippen molar-refractivity contribution >= 4 is 11.5 Å². The monoisotopic (exact) mass is 354 g/mol. The van der Waals surface area contributed by atoms with Crippen LogP contribution in [0.5, 0.6) is 11.5 Å². The maximum absolute atomic E-state index is 14.9. The Morgan fingerprint density at radius 3 is 2.44 bits per heavy atom. The van der Waals surface area contributed by atoms with Gasteiger partial charge in [0.05, 0.1) is 26.2 Å². The van der Waals surface area contributed by atoms with Crippen LogP contribution in [0.15, 0.2) is 18.2 Å². The third-order valence-electron chi connectivity index (χ3n) is 4.65. The summed E-state index contributed by atoms with van der Waals surface area (Å²) in [7, 11) is 2.97. The SMILES string of the molecule is CCOC(=O)C(F)(F)C(C)(C)C1=CCCc2ccc(OC)c(OC)c21. The van der Waals surface area contributed by atoms with Gasteiger partial charge in [-0.3, -0.25) is 0 Å². The molecular weight excluding hydrogens is 330 g/mol. The fourth-order valence-corrected chi connectivity index (χ4v) is 3.16. The minimum absolute atomic E-state index is 0.0999. The van der Waals surface area contributed by atoms with Crippen LogP contribution in [0.1, 0.15) is 38.3 Å². The Bertz CT molecular complexity index is 693. The lowest BCUT2D eigenvalue weighted by Gasteiger charge is -2.37. The van der Waals surface area contributed by atoms with Gasteiger partial charge in [0.1, 0.15) is 0 Å². The summed E-state index contributed by atoms with van der Waals surface area (Å²) in [6.07, 6.45) is 3.07. The van der Waals surface area contributed by atoms with E-state index in [9.17, 15) is 13.6 Å². The average Bonchev–Trinajstić information content (AvgIpc) is 2.59. The van der Waals surface area contributed by atoms with Crippen LogP contribution in [-0.4, -0.2) is 32.7 Å². The molecule has 0 bridgehead atoms. The number of rotatable bonds is 6. The summed E-state index contributed by atoms with van der Waals surface area (Å²) < 4.78 is 45.1. The highest BCUT2D eigenvalue weighted by molar-refractivity contribution is 5.87. The van der Waals surface area contributed by atoms with Crippen molar-refractivity contribution in [3.8, 4) is 11.5 Å². The summed E-state index contributed by atoms with van der Waals surface area (Å²) >= 11 is 0. The van der Waals surface area contributed by atoms with E-state index < -0.39 is 17.3 Å². The molecule has 0 amide bonds. The number of methoxy groups -OCH3 is 2. The molecule has 0 heterocycles. The Morgan fingerprint density at radius 2 is 1.88 bits per heavy atom. The molecule has 0 fully saturated rings. The van der Waals surface area contributed by atoms with E-state index in [0.717, 1.165) is 5.56 Å².